The molecule has 21 heavy (non-hydrogen) atoms. The normalized spacial score (nSPS) is 25.6. The summed E-state index contributed by atoms with van der Waals surface area (Å²) in [6.07, 6.45) is 4.85. The van der Waals surface area contributed by atoms with Crippen LogP contribution in [0.5, 0.6) is 0 Å². The first-order valence-electron chi connectivity index (χ1n) is 7.38. The molecule has 0 unspecified atom stereocenters. The number of ether oxygens (including phenoxy) is 1. The van der Waals surface area contributed by atoms with E-state index in [9.17, 15) is 14.4 Å². The third kappa shape index (κ3) is 4.54. The molecule has 0 aromatic heterocycles. The molecule has 0 saturated heterocycles. The van der Waals surface area contributed by atoms with Crippen LogP contribution >= 0.6 is 0 Å². The molecule has 2 rings (SSSR count). The number of rotatable bonds is 4. The fraction of sp³-hybridized carbons (Fsp3) is 0.714. The molecule has 7 heteroatoms. The summed E-state index contributed by atoms with van der Waals surface area (Å²) in [6.45, 7) is 1.81. The lowest BCUT2D eigenvalue weighted by molar-refractivity contribution is -0.142. The van der Waals surface area contributed by atoms with Gasteiger partial charge in [0.15, 0.2) is 6.61 Å². The van der Waals surface area contributed by atoms with Gasteiger partial charge < -0.3 is 10.1 Å². The first-order chi connectivity index (χ1) is 10.1. The number of hydrazone groups is 1. The van der Waals surface area contributed by atoms with Gasteiger partial charge in [0.05, 0.1) is 0 Å². The van der Waals surface area contributed by atoms with Crippen LogP contribution in [0.2, 0.25) is 0 Å². The van der Waals surface area contributed by atoms with Crippen LogP contribution in [0.3, 0.4) is 0 Å². The van der Waals surface area contributed by atoms with Gasteiger partial charge in [-0.3, -0.25) is 9.59 Å². The highest BCUT2D eigenvalue weighted by Gasteiger charge is 2.24. The van der Waals surface area contributed by atoms with Crippen LogP contribution in [0.15, 0.2) is 5.10 Å². The highest BCUT2D eigenvalue weighted by atomic mass is 16.5. The zero-order valence-electron chi connectivity index (χ0n) is 12.2. The van der Waals surface area contributed by atoms with Crippen LogP contribution in [0, 0.1) is 5.92 Å². The van der Waals surface area contributed by atoms with Crippen LogP contribution in [0.25, 0.3) is 0 Å². The topological polar surface area (TPSA) is 96.9 Å². The molecule has 0 aromatic carbocycles. The van der Waals surface area contributed by atoms with Gasteiger partial charge in [0.25, 0.3) is 5.91 Å². The number of nitrogens with one attached hydrogen (secondary N) is 2. The minimum Gasteiger partial charge on any atom is -0.451 e. The minimum atomic E-state index is -0.651. The highest BCUT2D eigenvalue weighted by molar-refractivity contribution is 6.37. The third-order valence-electron chi connectivity index (χ3n) is 3.93. The van der Waals surface area contributed by atoms with Gasteiger partial charge in [0, 0.05) is 18.9 Å². The molecule has 1 aliphatic carbocycles. The van der Waals surface area contributed by atoms with E-state index < -0.39 is 5.97 Å². The summed E-state index contributed by atoms with van der Waals surface area (Å²) in [5, 5.41) is 6.54. The molecule has 2 amide bonds. The largest absolute Gasteiger partial charge is 0.451 e. The fourth-order valence-electron chi connectivity index (χ4n) is 2.61. The molecule has 0 aromatic rings. The van der Waals surface area contributed by atoms with Gasteiger partial charge in [0.1, 0.15) is 5.71 Å². The van der Waals surface area contributed by atoms with Crippen molar-refractivity contribution >= 4 is 23.5 Å². The van der Waals surface area contributed by atoms with Gasteiger partial charge in [-0.1, -0.05) is 19.8 Å². The van der Waals surface area contributed by atoms with Gasteiger partial charge >= 0.3 is 5.97 Å². The molecule has 0 spiro atoms. The smallest absolute Gasteiger partial charge is 0.355 e. The van der Waals surface area contributed by atoms with Crippen molar-refractivity contribution < 1.29 is 19.1 Å². The average molecular weight is 295 g/mol. The second-order valence-electron chi connectivity index (χ2n) is 5.61. The molecular formula is C14H21N3O4. The Morgan fingerprint density at radius 3 is 2.76 bits per heavy atom. The van der Waals surface area contributed by atoms with E-state index >= 15 is 0 Å². The summed E-state index contributed by atoms with van der Waals surface area (Å²) in [5.74, 6) is -0.712. The Bertz CT molecular complexity index is 461. The van der Waals surface area contributed by atoms with Crippen molar-refractivity contribution in [2.75, 3.05) is 6.61 Å². The van der Waals surface area contributed by atoms with E-state index in [1.165, 1.54) is 6.42 Å². The number of carbonyl (C=O) groups excluding carboxylic acids is 3. The monoisotopic (exact) mass is 295 g/mol. The molecule has 2 atom stereocenters. The van der Waals surface area contributed by atoms with Crippen molar-refractivity contribution in [2.45, 2.75) is 51.5 Å². The zero-order valence-corrected chi connectivity index (χ0v) is 12.2. The number of hydrogen-bond donors (Lipinski definition) is 2. The predicted octanol–water partition coefficient (Wildman–Crippen LogP) is 0.490. The molecule has 1 fully saturated rings. The molecule has 7 nitrogen and oxygen atoms in total. The molecule has 0 bridgehead atoms. The third-order valence-corrected chi connectivity index (χ3v) is 3.93. The SMILES string of the molecule is C[C@H]1CCCC[C@@H]1NC(=O)COC(=O)C1=NNC(=O)CC1. The lowest BCUT2D eigenvalue weighted by Gasteiger charge is -2.29. The van der Waals surface area contributed by atoms with E-state index in [0.29, 0.717) is 5.92 Å². The lowest BCUT2D eigenvalue weighted by Crippen LogP contribution is -2.43. The maximum absolute atomic E-state index is 11.8. The highest BCUT2D eigenvalue weighted by Crippen LogP contribution is 2.23. The fourth-order valence-corrected chi connectivity index (χ4v) is 2.61. The predicted molar refractivity (Wildman–Crippen MR) is 75.3 cm³/mol. The molecule has 1 saturated carbocycles. The van der Waals surface area contributed by atoms with Crippen LogP contribution in [-0.2, 0) is 19.1 Å². The van der Waals surface area contributed by atoms with Crippen molar-refractivity contribution in [1.29, 1.82) is 0 Å². The van der Waals surface area contributed by atoms with Gasteiger partial charge in [0.2, 0.25) is 5.91 Å². The van der Waals surface area contributed by atoms with E-state index in [0.717, 1.165) is 19.3 Å². The van der Waals surface area contributed by atoms with Gasteiger partial charge in [-0.05, 0) is 18.8 Å². The molecule has 2 N–H and O–H groups in total. The average Bonchev–Trinajstić information content (AvgIpc) is 2.48. The molecule has 1 aliphatic heterocycles. The minimum absolute atomic E-state index is 0.147. The van der Waals surface area contributed by atoms with E-state index in [4.69, 9.17) is 4.74 Å². The first-order valence-corrected chi connectivity index (χ1v) is 7.38. The summed E-state index contributed by atoms with van der Waals surface area (Å²) >= 11 is 0. The van der Waals surface area contributed by atoms with E-state index in [1.54, 1.807) is 0 Å². The van der Waals surface area contributed by atoms with Crippen LogP contribution in [0.1, 0.15) is 45.4 Å². The van der Waals surface area contributed by atoms with Crippen molar-refractivity contribution in [1.82, 2.24) is 10.7 Å². The number of nitrogens with zero attached hydrogens (tertiary/aromatic N) is 1. The van der Waals surface area contributed by atoms with Crippen LogP contribution in [-0.4, -0.2) is 36.1 Å². The van der Waals surface area contributed by atoms with Gasteiger partial charge in [-0.25, -0.2) is 10.2 Å². The molecular weight excluding hydrogens is 274 g/mol. The summed E-state index contributed by atoms with van der Waals surface area (Å²) in [6, 6.07) is 0.163. The summed E-state index contributed by atoms with van der Waals surface area (Å²) in [4.78, 5) is 34.4. The Labute approximate surface area is 123 Å². The lowest BCUT2D eigenvalue weighted by atomic mass is 9.86. The van der Waals surface area contributed by atoms with Crippen LogP contribution < -0.4 is 10.7 Å². The van der Waals surface area contributed by atoms with Crippen molar-refractivity contribution in [3.63, 3.8) is 0 Å². The van der Waals surface area contributed by atoms with E-state index in [-0.39, 0.29) is 43.0 Å². The molecule has 0 radical (unpaired) electrons. The summed E-state index contributed by atoms with van der Waals surface area (Å²) < 4.78 is 4.92. The molecule has 2 aliphatic rings. The van der Waals surface area contributed by atoms with Gasteiger partial charge in [-0.2, -0.15) is 5.10 Å². The van der Waals surface area contributed by atoms with Crippen molar-refractivity contribution in [3.8, 4) is 0 Å². The summed E-state index contributed by atoms with van der Waals surface area (Å²) in [5.41, 5.74) is 2.37. The molecule has 116 valence electrons. The Hall–Kier alpha value is -1.92. The quantitative estimate of drug-likeness (QED) is 0.738. The van der Waals surface area contributed by atoms with E-state index in [1.807, 2.05) is 0 Å². The van der Waals surface area contributed by atoms with Crippen LogP contribution in [0.4, 0.5) is 0 Å². The number of hydrogen-bond acceptors (Lipinski definition) is 5. The second kappa shape index (κ2) is 7.19. The van der Waals surface area contributed by atoms with Crippen molar-refractivity contribution in [2.24, 2.45) is 11.0 Å². The van der Waals surface area contributed by atoms with Crippen molar-refractivity contribution in [3.05, 3.63) is 0 Å². The van der Waals surface area contributed by atoms with E-state index in [2.05, 4.69) is 22.8 Å². The standard InChI is InChI=1S/C14H21N3O4/c1-9-4-2-3-5-10(9)15-13(19)8-21-14(20)11-6-7-12(18)17-16-11/h9-10H,2-8H2,1H3,(H,15,19)(H,17,18)/t9-,10-/m0/s1. The summed E-state index contributed by atoms with van der Waals surface area (Å²) in [7, 11) is 0. The zero-order chi connectivity index (χ0) is 15.2. The first kappa shape index (κ1) is 15.5. The Morgan fingerprint density at radius 1 is 1.33 bits per heavy atom. The Morgan fingerprint density at radius 2 is 2.10 bits per heavy atom. The Kier molecular flexibility index (Phi) is 5.30. The molecule has 1 heterocycles. The Balaban J connectivity index is 1.73. The number of amides is 2. The van der Waals surface area contributed by atoms with Gasteiger partial charge in [-0.15, -0.1) is 0 Å². The second-order valence-corrected chi connectivity index (χ2v) is 5.61. The number of carbonyl (C=O) groups is 3. The maximum atomic E-state index is 11.8. The maximum Gasteiger partial charge on any atom is 0.355 e. The number of esters is 1.